The van der Waals surface area contributed by atoms with Gasteiger partial charge in [-0.3, -0.25) is 0 Å². The van der Waals surface area contributed by atoms with Crippen molar-refractivity contribution in [2.24, 2.45) is 7.05 Å². The number of aromatic nitrogens is 6. The molecule has 0 bridgehead atoms. The van der Waals surface area contributed by atoms with E-state index in [2.05, 4.69) is 35.9 Å². The summed E-state index contributed by atoms with van der Waals surface area (Å²) in [6.07, 6.45) is 10.1. The summed E-state index contributed by atoms with van der Waals surface area (Å²) < 4.78 is 16.0. The highest BCUT2D eigenvalue weighted by molar-refractivity contribution is 5.64. The fraction of sp³-hybridized carbons (Fsp3) is 0.478. The second-order valence-corrected chi connectivity index (χ2v) is 8.74. The number of nitrogens with zero attached hydrogens (tertiary/aromatic N) is 8. The molecule has 3 N–H and O–H groups in total. The second kappa shape index (κ2) is 11.1. The third-order valence-electron chi connectivity index (χ3n) is 6.39. The number of hydrogen-bond donors (Lipinski definition) is 3. The summed E-state index contributed by atoms with van der Waals surface area (Å²) in [7, 11) is 2.96. The maximum atomic E-state index is 14.2. The second-order valence-electron chi connectivity index (χ2n) is 8.74. The van der Waals surface area contributed by atoms with Gasteiger partial charge in [-0.05, 0) is 55.3 Å². The van der Waals surface area contributed by atoms with Crippen LogP contribution in [0.3, 0.4) is 0 Å². The molecule has 0 aliphatic carbocycles. The molecule has 0 saturated carbocycles. The molecule has 2 saturated heterocycles. The van der Waals surface area contributed by atoms with Crippen LogP contribution in [-0.4, -0.2) is 65.9 Å². The Balaban J connectivity index is 0.000000251. The molecule has 0 amide bonds. The highest BCUT2D eigenvalue weighted by Crippen LogP contribution is 2.29. The van der Waals surface area contributed by atoms with Crippen LogP contribution in [0.1, 0.15) is 44.1 Å². The summed E-state index contributed by atoms with van der Waals surface area (Å²) in [5.41, 5.74) is -0.586. The number of nitriles is 1. The number of phenols is 1. The number of rotatable bonds is 4. The number of aromatic hydroxyl groups is 1. The Morgan fingerprint density at radius 3 is 2.47 bits per heavy atom. The number of anilines is 3. The van der Waals surface area contributed by atoms with Crippen LogP contribution in [-0.2, 0) is 7.05 Å². The Morgan fingerprint density at radius 2 is 1.89 bits per heavy atom. The molecule has 0 spiro atoms. The highest BCUT2D eigenvalue weighted by atomic mass is 19.1. The van der Waals surface area contributed by atoms with Gasteiger partial charge in [0.1, 0.15) is 28.9 Å². The van der Waals surface area contributed by atoms with Crippen LogP contribution in [0.2, 0.25) is 0 Å². The minimum Gasteiger partial charge on any atom is -0.506 e. The van der Waals surface area contributed by atoms with Gasteiger partial charge in [-0.2, -0.15) is 19.6 Å². The number of benzene rings is 1. The number of aryl methyl sites for hydroxylation is 1. The Hall–Kier alpha value is -4.05. The van der Waals surface area contributed by atoms with Crippen molar-refractivity contribution in [3.8, 4) is 17.5 Å². The number of hydrogen-bond acceptors (Lipinski definition) is 10. The van der Waals surface area contributed by atoms with E-state index in [1.165, 1.54) is 70.9 Å². The van der Waals surface area contributed by atoms with E-state index in [-0.39, 0.29) is 28.7 Å². The van der Waals surface area contributed by atoms with Gasteiger partial charge >= 0.3 is 5.69 Å². The summed E-state index contributed by atoms with van der Waals surface area (Å²) >= 11 is 0. The van der Waals surface area contributed by atoms with E-state index in [4.69, 9.17) is 5.26 Å². The molecular weight excluding hydrogens is 467 g/mol. The number of nitrogens with one attached hydrogen (secondary N) is 2. The van der Waals surface area contributed by atoms with Crippen LogP contribution < -0.4 is 16.3 Å². The zero-order chi connectivity index (χ0) is 25.7. The van der Waals surface area contributed by atoms with Crippen LogP contribution in [0.25, 0.3) is 5.69 Å². The number of fused-ring (bicyclic) bond motifs is 1. The van der Waals surface area contributed by atoms with E-state index in [1.807, 2.05) is 6.07 Å². The molecular formula is C23H29FN10O2. The van der Waals surface area contributed by atoms with E-state index in [0.29, 0.717) is 0 Å². The zero-order valence-corrected chi connectivity index (χ0v) is 20.3. The van der Waals surface area contributed by atoms with Crippen molar-refractivity contribution >= 4 is 17.5 Å². The molecule has 13 heteroatoms. The van der Waals surface area contributed by atoms with Gasteiger partial charge in [-0.15, -0.1) is 0 Å². The summed E-state index contributed by atoms with van der Waals surface area (Å²) in [6, 6.07) is 4.89. The minimum absolute atomic E-state index is 0.00961. The Morgan fingerprint density at radius 1 is 1.17 bits per heavy atom. The van der Waals surface area contributed by atoms with Crippen molar-refractivity contribution in [2.45, 2.75) is 44.6 Å². The Kier molecular flexibility index (Phi) is 7.74. The first-order valence-corrected chi connectivity index (χ1v) is 11.9. The van der Waals surface area contributed by atoms with Crippen LogP contribution in [0, 0.1) is 17.1 Å². The number of piperidine rings is 2. The van der Waals surface area contributed by atoms with Crippen molar-refractivity contribution < 1.29 is 9.50 Å². The van der Waals surface area contributed by atoms with Gasteiger partial charge < -0.3 is 20.6 Å². The van der Waals surface area contributed by atoms with E-state index in [1.54, 1.807) is 7.05 Å². The lowest BCUT2D eigenvalue weighted by atomic mass is 9.93. The van der Waals surface area contributed by atoms with Gasteiger partial charge in [0.05, 0.1) is 11.9 Å². The monoisotopic (exact) mass is 496 g/mol. The summed E-state index contributed by atoms with van der Waals surface area (Å²) in [5.74, 6) is -1.03. The largest absolute Gasteiger partial charge is 0.506 e. The average molecular weight is 497 g/mol. The highest BCUT2D eigenvalue weighted by Gasteiger charge is 2.24. The summed E-state index contributed by atoms with van der Waals surface area (Å²) in [5, 5.41) is 31.4. The lowest BCUT2D eigenvalue weighted by Gasteiger charge is -2.39. The van der Waals surface area contributed by atoms with Crippen LogP contribution in [0.4, 0.5) is 21.8 Å². The first-order valence-electron chi connectivity index (χ1n) is 11.9. The summed E-state index contributed by atoms with van der Waals surface area (Å²) in [4.78, 5) is 22.6. The van der Waals surface area contributed by atoms with Crippen molar-refractivity contribution in [3.05, 3.63) is 40.2 Å². The van der Waals surface area contributed by atoms with Crippen molar-refractivity contribution in [1.29, 1.82) is 5.26 Å². The molecule has 190 valence electrons. The quantitative estimate of drug-likeness (QED) is 0.459. The molecule has 2 aliphatic rings. The Bertz CT molecular complexity index is 1290. The van der Waals surface area contributed by atoms with Crippen LogP contribution in [0.5, 0.6) is 5.75 Å². The molecule has 2 aromatic heterocycles. The predicted octanol–water partition coefficient (Wildman–Crippen LogP) is 2.28. The third-order valence-corrected chi connectivity index (χ3v) is 6.39. The van der Waals surface area contributed by atoms with E-state index in [9.17, 15) is 14.3 Å². The molecule has 0 atom stereocenters. The van der Waals surface area contributed by atoms with Gasteiger partial charge in [-0.25, -0.2) is 14.2 Å². The van der Waals surface area contributed by atoms with Crippen molar-refractivity contribution in [1.82, 2.24) is 34.7 Å². The summed E-state index contributed by atoms with van der Waals surface area (Å²) in [6.45, 7) is 2.79. The predicted molar refractivity (Wildman–Crippen MR) is 131 cm³/mol. The number of phenolic OH excluding ortho intramolecular Hbond substituents is 1. The van der Waals surface area contributed by atoms with Gasteiger partial charge in [0.15, 0.2) is 5.82 Å². The first kappa shape index (κ1) is 25.1. The maximum Gasteiger partial charge on any atom is 0.368 e. The average Bonchev–Trinajstić information content (AvgIpc) is 3.23. The third kappa shape index (κ3) is 5.44. The molecule has 1 aromatic carbocycles. The molecule has 2 aliphatic heterocycles. The van der Waals surface area contributed by atoms with Gasteiger partial charge in [0.25, 0.3) is 0 Å². The minimum atomic E-state index is -0.804. The number of tetrazole rings is 1. The molecule has 4 heterocycles. The lowest BCUT2D eigenvalue weighted by molar-refractivity contribution is 0.109. The molecule has 0 radical (unpaired) electrons. The standard InChI is InChI=1S/C14H12FN9O2.C9H17N/c1-17-12-7(5-16)6-18-13(20-12)19-9-4-10(11(25)3-8(9)15)24-14(26)23(2)21-22-24;1-3-7-10-8-4-2-6-9(10)5-1/h3-4,6,25H,1-2H3,(H2,17,18,19,20);9H,1-8H2. The molecule has 0 unspecified atom stereocenters. The lowest BCUT2D eigenvalue weighted by Crippen LogP contribution is -2.42. The van der Waals surface area contributed by atoms with E-state index in [0.717, 1.165) is 21.5 Å². The fourth-order valence-electron chi connectivity index (χ4n) is 4.49. The Labute approximate surface area is 207 Å². The van der Waals surface area contributed by atoms with Gasteiger partial charge in [0, 0.05) is 26.2 Å². The van der Waals surface area contributed by atoms with Crippen LogP contribution in [0.15, 0.2) is 23.1 Å². The fourth-order valence-corrected chi connectivity index (χ4v) is 4.49. The molecule has 36 heavy (non-hydrogen) atoms. The van der Waals surface area contributed by atoms with E-state index >= 15 is 0 Å². The van der Waals surface area contributed by atoms with Gasteiger partial charge in [0.2, 0.25) is 5.95 Å². The molecule has 12 nitrogen and oxygen atoms in total. The molecule has 5 rings (SSSR count). The van der Waals surface area contributed by atoms with Crippen LogP contribution >= 0.6 is 0 Å². The zero-order valence-electron chi connectivity index (χ0n) is 20.3. The SMILES string of the molecule is C1CCN2CCCCC2C1.CNc1nc(Nc2cc(-n3nnn(C)c3=O)c(O)cc2F)ncc1C#N. The smallest absolute Gasteiger partial charge is 0.368 e. The molecule has 3 aromatic rings. The maximum absolute atomic E-state index is 14.2. The van der Waals surface area contributed by atoms with E-state index < -0.39 is 17.3 Å². The first-order chi connectivity index (χ1) is 17.4. The molecule has 2 fully saturated rings. The van der Waals surface area contributed by atoms with Crippen molar-refractivity contribution in [2.75, 3.05) is 30.8 Å². The van der Waals surface area contributed by atoms with Crippen molar-refractivity contribution in [3.63, 3.8) is 0 Å². The van der Waals surface area contributed by atoms with Gasteiger partial charge in [-0.1, -0.05) is 12.8 Å². The topological polar surface area (TPSA) is 150 Å². The number of halogens is 1. The normalized spacial score (nSPS) is 15.8.